The minimum Gasteiger partial charge on any atom is -0.311 e. The van der Waals surface area contributed by atoms with E-state index in [1.807, 2.05) is 27.8 Å². The molecule has 2 aromatic rings. The number of hydrogen-bond donors (Lipinski definition) is 0. The van der Waals surface area contributed by atoms with Gasteiger partial charge in [0.05, 0.1) is 11.8 Å². The van der Waals surface area contributed by atoms with Crippen LogP contribution in [0.1, 0.15) is 50.1 Å². The van der Waals surface area contributed by atoms with E-state index in [9.17, 15) is 4.79 Å². The van der Waals surface area contributed by atoms with Gasteiger partial charge in [0.1, 0.15) is 0 Å². The highest BCUT2D eigenvalue weighted by Crippen LogP contribution is 2.31. The molecule has 6 nitrogen and oxygen atoms in total. The van der Waals surface area contributed by atoms with Crippen LogP contribution in [0.25, 0.3) is 0 Å². The first-order valence-electron chi connectivity index (χ1n) is 9.12. The van der Waals surface area contributed by atoms with Gasteiger partial charge in [-0.3, -0.25) is 4.79 Å². The number of amides is 1. The van der Waals surface area contributed by atoms with Crippen LogP contribution in [0.15, 0.2) is 29.4 Å². The number of tetrazole rings is 1. The van der Waals surface area contributed by atoms with Gasteiger partial charge in [-0.05, 0) is 47.7 Å². The van der Waals surface area contributed by atoms with Crippen molar-refractivity contribution < 1.29 is 4.79 Å². The maximum Gasteiger partial charge on any atom is 0.237 e. The smallest absolute Gasteiger partial charge is 0.237 e. The Kier molecular flexibility index (Phi) is 5.01. The van der Waals surface area contributed by atoms with Gasteiger partial charge in [-0.15, -0.1) is 5.10 Å². The molecular weight excluding hydrogens is 334 g/mol. The van der Waals surface area contributed by atoms with Crippen molar-refractivity contribution in [1.29, 1.82) is 0 Å². The number of hydrogen-bond acceptors (Lipinski definition) is 5. The molecule has 0 unspecified atom stereocenters. The van der Waals surface area contributed by atoms with Gasteiger partial charge < -0.3 is 4.90 Å². The van der Waals surface area contributed by atoms with E-state index in [0.717, 1.165) is 43.1 Å². The Hall–Kier alpha value is -1.89. The minimum absolute atomic E-state index is 0.135. The second-order valence-corrected chi connectivity index (χ2v) is 7.71. The Balaban J connectivity index is 1.43. The molecule has 0 bridgehead atoms. The number of carbonyl (C=O) groups is 1. The molecule has 0 spiro atoms. The highest BCUT2D eigenvalue weighted by molar-refractivity contribution is 7.99. The summed E-state index contributed by atoms with van der Waals surface area (Å²) >= 11 is 1.46. The van der Waals surface area contributed by atoms with Crippen molar-refractivity contribution in [2.24, 2.45) is 0 Å². The molecule has 1 aliphatic heterocycles. The zero-order chi connectivity index (χ0) is 17.1. The van der Waals surface area contributed by atoms with E-state index in [1.54, 1.807) is 0 Å². The van der Waals surface area contributed by atoms with Crippen LogP contribution in [0.3, 0.4) is 0 Å². The highest BCUT2D eigenvalue weighted by atomic mass is 32.2. The number of rotatable bonds is 4. The van der Waals surface area contributed by atoms with Crippen LogP contribution in [-0.4, -0.2) is 38.4 Å². The van der Waals surface area contributed by atoms with Crippen LogP contribution >= 0.6 is 11.8 Å². The van der Waals surface area contributed by atoms with Crippen LogP contribution in [0, 0.1) is 0 Å². The topological polar surface area (TPSA) is 63.9 Å². The number of thioether (sulfide) groups is 1. The van der Waals surface area contributed by atoms with Gasteiger partial charge in [0.2, 0.25) is 11.1 Å². The van der Waals surface area contributed by atoms with Crippen molar-refractivity contribution in [3.8, 4) is 0 Å². The molecule has 1 fully saturated rings. The second-order valence-electron chi connectivity index (χ2n) is 6.76. The average molecular weight is 357 g/mol. The van der Waals surface area contributed by atoms with Gasteiger partial charge in [0.25, 0.3) is 0 Å². The summed E-state index contributed by atoms with van der Waals surface area (Å²) in [5, 5.41) is 12.9. The predicted molar refractivity (Wildman–Crippen MR) is 97.8 cm³/mol. The molecule has 25 heavy (non-hydrogen) atoms. The summed E-state index contributed by atoms with van der Waals surface area (Å²) in [5.74, 6) is 0.511. The third-order valence-corrected chi connectivity index (χ3v) is 6.04. The van der Waals surface area contributed by atoms with Gasteiger partial charge in [-0.1, -0.05) is 49.2 Å². The quantitative estimate of drug-likeness (QED) is 0.786. The van der Waals surface area contributed by atoms with Crippen molar-refractivity contribution in [2.75, 3.05) is 17.2 Å². The zero-order valence-electron chi connectivity index (χ0n) is 14.3. The van der Waals surface area contributed by atoms with Gasteiger partial charge in [0.15, 0.2) is 0 Å². The zero-order valence-corrected chi connectivity index (χ0v) is 15.1. The fraction of sp³-hybridized carbons (Fsp3) is 0.556. The van der Waals surface area contributed by atoms with E-state index in [1.165, 1.54) is 36.6 Å². The molecule has 0 N–H and O–H groups in total. The Morgan fingerprint density at radius 2 is 2.00 bits per heavy atom. The van der Waals surface area contributed by atoms with Crippen LogP contribution in [0.5, 0.6) is 0 Å². The minimum atomic E-state index is 0.135. The third kappa shape index (κ3) is 3.56. The van der Waals surface area contributed by atoms with Gasteiger partial charge >= 0.3 is 0 Å². The molecule has 132 valence electrons. The Morgan fingerprint density at radius 3 is 2.88 bits per heavy atom. The summed E-state index contributed by atoms with van der Waals surface area (Å²) < 4.78 is 1.93. The number of carbonyl (C=O) groups excluding carboxylic acids is 1. The molecule has 2 heterocycles. The number of aromatic nitrogens is 4. The van der Waals surface area contributed by atoms with E-state index < -0.39 is 0 Å². The highest BCUT2D eigenvalue weighted by Gasteiger charge is 2.24. The van der Waals surface area contributed by atoms with Gasteiger partial charge in [-0.2, -0.15) is 0 Å². The molecule has 0 radical (unpaired) electrons. The summed E-state index contributed by atoms with van der Waals surface area (Å²) in [6.45, 7) is 0.796. The van der Waals surface area contributed by atoms with Crippen LogP contribution in [0.4, 0.5) is 5.69 Å². The second kappa shape index (κ2) is 7.56. The number of para-hydroxylation sites is 1. The number of anilines is 1. The molecule has 4 rings (SSSR count). The molecule has 1 amide bonds. The average Bonchev–Trinajstić information content (AvgIpc) is 3.15. The summed E-state index contributed by atoms with van der Waals surface area (Å²) in [6.07, 6.45) is 8.10. The van der Waals surface area contributed by atoms with Crippen LogP contribution in [0.2, 0.25) is 0 Å². The molecule has 7 heteroatoms. The van der Waals surface area contributed by atoms with E-state index in [4.69, 9.17) is 0 Å². The van der Waals surface area contributed by atoms with Crippen molar-refractivity contribution in [3.05, 3.63) is 29.8 Å². The molecule has 1 aromatic heterocycles. The maximum atomic E-state index is 12.8. The standard InChI is InChI=1S/C18H23N5OS/c24-17(22-12-6-8-14-7-4-5-11-16(14)22)13-25-18-19-20-21-23(18)15-9-2-1-3-10-15/h4-5,7,11,15H,1-3,6,8-10,12-13H2. The van der Waals surface area contributed by atoms with Gasteiger partial charge in [-0.25, -0.2) is 4.68 Å². The lowest BCUT2D eigenvalue weighted by Crippen LogP contribution is -2.36. The number of fused-ring (bicyclic) bond motifs is 1. The molecule has 0 atom stereocenters. The normalized spacial score (nSPS) is 18.2. The molecule has 1 aliphatic carbocycles. The van der Waals surface area contributed by atoms with Gasteiger partial charge in [0, 0.05) is 12.2 Å². The van der Waals surface area contributed by atoms with Crippen molar-refractivity contribution >= 4 is 23.4 Å². The lowest BCUT2D eigenvalue weighted by Gasteiger charge is -2.29. The molecule has 1 aromatic carbocycles. The predicted octanol–water partition coefficient (Wildman–Crippen LogP) is 3.25. The van der Waals surface area contributed by atoms with Crippen molar-refractivity contribution in [1.82, 2.24) is 20.2 Å². The Morgan fingerprint density at radius 1 is 1.16 bits per heavy atom. The third-order valence-electron chi connectivity index (χ3n) is 5.12. The monoisotopic (exact) mass is 357 g/mol. The summed E-state index contributed by atoms with van der Waals surface area (Å²) in [5.41, 5.74) is 2.32. The Labute approximate surface area is 152 Å². The molecular formula is C18H23N5OS. The Bertz CT molecular complexity index is 741. The van der Waals surface area contributed by atoms with E-state index in [-0.39, 0.29) is 5.91 Å². The fourth-order valence-corrected chi connectivity index (χ4v) is 4.65. The number of nitrogens with zero attached hydrogens (tertiary/aromatic N) is 5. The van der Waals surface area contributed by atoms with E-state index in [2.05, 4.69) is 21.6 Å². The van der Waals surface area contributed by atoms with E-state index in [0.29, 0.717) is 11.8 Å². The largest absolute Gasteiger partial charge is 0.311 e. The van der Waals surface area contributed by atoms with Crippen LogP contribution in [-0.2, 0) is 11.2 Å². The van der Waals surface area contributed by atoms with Crippen molar-refractivity contribution in [2.45, 2.75) is 56.1 Å². The first kappa shape index (κ1) is 16.6. The number of benzene rings is 1. The molecule has 2 aliphatic rings. The SMILES string of the molecule is O=C(CSc1nnnn1C1CCCCC1)N1CCCc2ccccc21. The fourth-order valence-electron chi connectivity index (χ4n) is 3.83. The van der Waals surface area contributed by atoms with E-state index >= 15 is 0 Å². The summed E-state index contributed by atoms with van der Waals surface area (Å²) in [4.78, 5) is 14.7. The molecule has 1 saturated carbocycles. The summed E-state index contributed by atoms with van der Waals surface area (Å²) in [6, 6.07) is 8.59. The first-order valence-corrected chi connectivity index (χ1v) is 10.1. The molecule has 0 saturated heterocycles. The lowest BCUT2D eigenvalue weighted by atomic mass is 9.96. The summed E-state index contributed by atoms with van der Waals surface area (Å²) in [7, 11) is 0. The first-order chi connectivity index (χ1) is 12.3. The number of aryl methyl sites for hydroxylation is 1. The lowest BCUT2D eigenvalue weighted by molar-refractivity contribution is -0.116. The van der Waals surface area contributed by atoms with Crippen molar-refractivity contribution in [3.63, 3.8) is 0 Å². The van der Waals surface area contributed by atoms with Crippen LogP contribution < -0.4 is 4.90 Å². The maximum absolute atomic E-state index is 12.8.